The SMILES string of the molecule is COc1ccc([C@H](CNCc2cc(=O)oc3c(C)c(C)ccc23)N(C)C)cc1. The molecular formula is C23H28N2O3. The Hall–Kier alpha value is -2.63. The highest BCUT2D eigenvalue weighted by Gasteiger charge is 2.15. The van der Waals surface area contributed by atoms with E-state index in [1.807, 2.05) is 32.0 Å². The molecule has 1 aromatic heterocycles. The van der Waals surface area contributed by atoms with Gasteiger partial charge in [-0.3, -0.25) is 0 Å². The van der Waals surface area contributed by atoms with Crippen molar-refractivity contribution in [3.63, 3.8) is 0 Å². The molecule has 1 atom stereocenters. The molecule has 1 N–H and O–H groups in total. The maximum Gasteiger partial charge on any atom is 0.336 e. The summed E-state index contributed by atoms with van der Waals surface area (Å²) in [6.07, 6.45) is 0. The highest BCUT2D eigenvalue weighted by molar-refractivity contribution is 5.83. The van der Waals surface area contributed by atoms with Crippen LogP contribution >= 0.6 is 0 Å². The molecule has 3 rings (SSSR count). The van der Waals surface area contributed by atoms with Gasteiger partial charge in [-0.05, 0) is 62.3 Å². The third-order valence-electron chi connectivity index (χ3n) is 5.29. The van der Waals surface area contributed by atoms with Gasteiger partial charge in [-0.1, -0.05) is 24.3 Å². The summed E-state index contributed by atoms with van der Waals surface area (Å²) in [5.41, 5.74) is 4.68. The van der Waals surface area contributed by atoms with Crippen molar-refractivity contribution in [3.05, 3.63) is 75.1 Å². The van der Waals surface area contributed by atoms with Gasteiger partial charge in [-0.25, -0.2) is 4.79 Å². The zero-order chi connectivity index (χ0) is 20.3. The van der Waals surface area contributed by atoms with Crippen molar-refractivity contribution in [2.24, 2.45) is 0 Å². The Morgan fingerprint density at radius 2 is 1.82 bits per heavy atom. The Morgan fingerprint density at radius 1 is 1.11 bits per heavy atom. The van der Waals surface area contributed by atoms with E-state index < -0.39 is 0 Å². The maximum absolute atomic E-state index is 12.0. The Balaban J connectivity index is 1.79. The van der Waals surface area contributed by atoms with Crippen molar-refractivity contribution in [1.29, 1.82) is 0 Å². The van der Waals surface area contributed by atoms with E-state index in [1.165, 1.54) is 5.56 Å². The summed E-state index contributed by atoms with van der Waals surface area (Å²) in [6, 6.07) is 14.0. The van der Waals surface area contributed by atoms with Crippen molar-refractivity contribution in [2.45, 2.75) is 26.4 Å². The van der Waals surface area contributed by atoms with E-state index in [-0.39, 0.29) is 11.7 Å². The molecule has 1 heterocycles. The van der Waals surface area contributed by atoms with E-state index in [2.05, 4.69) is 42.5 Å². The topological polar surface area (TPSA) is 54.7 Å². The molecule has 0 saturated heterocycles. The molecule has 0 spiro atoms. The first-order chi connectivity index (χ1) is 13.4. The van der Waals surface area contributed by atoms with E-state index in [0.29, 0.717) is 12.1 Å². The fraction of sp³-hybridized carbons (Fsp3) is 0.348. The number of methoxy groups -OCH3 is 1. The van der Waals surface area contributed by atoms with Crippen LogP contribution in [-0.4, -0.2) is 32.6 Å². The molecule has 0 bridgehead atoms. The Kier molecular flexibility index (Phi) is 6.17. The average molecular weight is 380 g/mol. The molecule has 28 heavy (non-hydrogen) atoms. The monoisotopic (exact) mass is 380 g/mol. The zero-order valence-electron chi connectivity index (χ0n) is 17.2. The van der Waals surface area contributed by atoms with Crippen LogP contribution < -0.4 is 15.7 Å². The summed E-state index contributed by atoms with van der Waals surface area (Å²) in [5.74, 6) is 0.849. The standard InChI is InChI=1S/C23H28N2O3/c1-15-6-11-20-18(12-22(26)28-23(20)16(15)2)13-24-14-21(25(3)4)17-7-9-19(27-5)10-8-17/h6-12,21,24H,13-14H2,1-5H3/t21-/m0/s1. The van der Waals surface area contributed by atoms with Crippen LogP contribution in [0.25, 0.3) is 11.0 Å². The number of ether oxygens (including phenoxy) is 1. The Labute approximate surface area is 165 Å². The summed E-state index contributed by atoms with van der Waals surface area (Å²) < 4.78 is 10.7. The van der Waals surface area contributed by atoms with Crippen molar-refractivity contribution >= 4 is 11.0 Å². The third kappa shape index (κ3) is 4.26. The lowest BCUT2D eigenvalue weighted by Crippen LogP contribution is -2.31. The number of hydrogen-bond acceptors (Lipinski definition) is 5. The first-order valence-electron chi connectivity index (χ1n) is 9.44. The Morgan fingerprint density at radius 3 is 2.46 bits per heavy atom. The highest BCUT2D eigenvalue weighted by Crippen LogP contribution is 2.24. The number of aryl methyl sites for hydroxylation is 2. The van der Waals surface area contributed by atoms with Gasteiger partial charge in [-0.15, -0.1) is 0 Å². The number of nitrogens with one attached hydrogen (secondary N) is 1. The van der Waals surface area contributed by atoms with Crippen molar-refractivity contribution in [2.75, 3.05) is 27.7 Å². The van der Waals surface area contributed by atoms with Crippen LogP contribution in [0, 0.1) is 13.8 Å². The second-order valence-corrected chi connectivity index (χ2v) is 7.36. The molecule has 0 saturated carbocycles. The van der Waals surface area contributed by atoms with Crippen molar-refractivity contribution in [3.8, 4) is 5.75 Å². The van der Waals surface area contributed by atoms with E-state index in [9.17, 15) is 4.79 Å². The van der Waals surface area contributed by atoms with Crippen molar-refractivity contribution < 1.29 is 9.15 Å². The lowest BCUT2D eigenvalue weighted by molar-refractivity contribution is 0.288. The molecule has 0 amide bonds. The van der Waals surface area contributed by atoms with E-state index in [0.717, 1.165) is 34.4 Å². The minimum atomic E-state index is -0.308. The first kappa shape index (κ1) is 20.1. The molecule has 0 aliphatic carbocycles. The smallest absolute Gasteiger partial charge is 0.336 e. The van der Waals surface area contributed by atoms with Gasteiger partial charge in [0.1, 0.15) is 11.3 Å². The number of hydrogen-bond donors (Lipinski definition) is 1. The van der Waals surface area contributed by atoms with Gasteiger partial charge in [-0.2, -0.15) is 0 Å². The Bertz CT molecular complexity index is 1010. The van der Waals surface area contributed by atoms with Gasteiger partial charge < -0.3 is 19.4 Å². The van der Waals surface area contributed by atoms with E-state index in [4.69, 9.17) is 9.15 Å². The summed E-state index contributed by atoms with van der Waals surface area (Å²) in [7, 11) is 5.80. The molecule has 0 fully saturated rings. The second-order valence-electron chi connectivity index (χ2n) is 7.36. The van der Waals surface area contributed by atoms with Crippen LogP contribution in [0.1, 0.15) is 28.3 Å². The molecule has 2 aromatic carbocycles. The fourth-order valence-electron chi connectivity index (χ4n) is 3.44. The number of fused-ring (bicyclic) bond motifs is 1. The first-order valence-corrected chi connectivity index (χ1v) is 9.44. The molecule has 0 aliphatic rings. The number of nitrogens with zero attached hydrogens (tertiary/aromatic N) is 1. The largest absolute Gasteiger partial charge is 0.497 e. The molecule has 3 aromatic rings. The van der Waals surface area contributed by atoms with Gasteiger partial charge in [0.05, 0.1) is 7.11 Å². The zero-order valence-corrected chi connectivity index (χ0v) is 17.2. The molecule has 0 radical (unpaired) electrons. The van der Waals surface area contributed by atoms with Crippen LogP contribution in [-0.2, 0) is 6.54 Å². The minimum absolute atomic E-state index is 0.210. The number of rotatable bonds is 7. The predicted molar refractivity (Wildman–Crippen MR) is 113 cm³/mol. The van der Waals surface area contributed by atoms with Crippen molar-refractivity contribution in [1.82, 2.24) is 10.2 Å². The molecular weight excluding hydrogens is 352 g/mol. The van der Waals surface area contributed by atoms with Gasteiger partial charge >= 0.3 is 5.63 Å². The normalized spacial score (nSPS) is 12.5. The lowest BCUT2D eigenvalue weighted by Gasteiger charge is -2.25. The molecule has 5 heteroatoms. The van der Waals surface area contributed by atoms with Crippen LogP contribution in [0.15, 0.2) is 51.7 Å². The number of benzene rings is 2. The second kappa shape index (κ2) is 8.59. The quantitative estimate of drug-likeness (QED) is 0.632. The average Bonchev–Trinajstić information content (AvgIpc) is 2.68. The van der Waals surface area contributed by atoms with Crippen LogP contribution in [0.5, 0.6) is 5.75 Å². The summed E-state index contributed by atoms with van der Waals surface area (Å²) in [5, 5.41) is 4.50. The molecule has 0 aliphatic heterocycles. The predicted octanol–water partition coefficient (Wildman–Crippen LogP) is 3.81. The lowest BCUT2D eigenvalue weighted by atomic mass is 10.0. The van der Waals surface area contributed by atoms with E-state index >= 15 is 0 Å². The molecule has 0 unspecified atom stereocenters. The summed E-state index contributed by atoms with van der Waals surface area (Å²) in [6.45, 7) is 5.37. The van der Waals surface area contributed by atoms with E-state index in [1.54, 1.807) is 13.2 Å². The maximum atomic E-state index is 12.0. The fourth-order valence-corrected chi connectivity index (χ4v) is 3.44. The summed E-state index contributed by atoms with van der Waals surface area (Å²) in [4.78, 5) is 14.2. The molecule has 5 nitrogen and oxygen atoms in total. The van der Waals surface area contributed by atoms with Gasteiger partial charge in [0.15, 0.2) is 0 Å². The molecule has 148 valence electrons. The van der Waals surface area contributed by atoms with Gasteiger partial charge in [0.25, 0.3) is 0 Å². The minimum Gasteiger partial charge on any atom is -0.497 e. The highest BCUT2D eigenvalue weighted by atomic mass is 16.5. The van der Waals surface area contributed by atoms with Crippen LogP contribution in [0.3, 0.4) is 0 Å². The van der Waals surface area contributed by atoms with Crippen LogP contribution in [0.4, 0.5) is 0 Å². The summed E-state index contributed by atoms with van der Waals surface area (Å²) >= 11 is 0. The van der Waals surface area contributed by atoms with Gasteiger partial charge in [0.2, 0.25) is 0 Å². The third-order valence-corrected chi connectivity index (χ3v) is 5.29. The van der Waals surface area contributed by atoms with Gasteiger partial charge in [0, 0.05) is 30.6 Å². The van der Waals surface area contributed by atoms with Crippen LogP contribution in [0.2, 0.25) is 0 Å². The number of likely N-dealkylation sites (N-methyl/N-ethyl adjacent to an activating group) is 1.